The second-order valence-electron chi connectivity index (χ2n) is 5.82. The number of esters is 1. The fraction of sp³-hybridized carbons (Fsp3) is 0.200. The Balaban J connectivity index is 2.16. The van der Waals surface area contributed by atoms with Gasteiger partial charge in [-0.2, -0.15) is 0 Å². The van der Waals surface area contributed by atoms with Crippen molar-refractivity contribution in [2.45, 2.75) is 19.9 Å². The van der Waals surface area contributed by atoms with Crippen molar-refractivity contribution in [3.63, 3.8) is 0 Å². The lowest BCUT2D eigenvalue weighted by Crippen LogP contribution is -2.45. The van der Waals surface area contributed by atoms with Gasteiger partial charge in [0, 0.05) is 0 Å². The highest BCUT2D eigenvalue weighted by molar-refractivity contribution is 6.04. The summed E-state index contributed by atoms with van der Waals surface area (Å²) in [6.07, 6.45) is 0. The summed E-state index contributed by atoms with van der Waals surface area (Å²) >= 11 is 0. The van der Waals surface area contributed by atoms with Crippen molar-refractivity contribution >= 4 is 17.7 Å². The van der Waals surface area contributed by atoms with E-state index in [1.54, 1.807) is 6.92 Å². The van der Waals surface area contributed by atoms with E-state index in [1.807, 2.05) is 61.5 Å². The number of rotatable bonds is 4. The molecule has 0 bridgehead atoms. The molecular formula is C20H20N2O3. The number of hydrogen-bond donors (Lipinski definition) is 2. The summed E-state index contributed by atoms with van der Waals surface area (Å²) in [5.41, 5.74) is 3.58. The van der Waals surface area contributed by atoms with Crippen molar-refractivity contribution in [1.82, 2.24) is 10.6 Å². The Hall–Kier alpha value is -3.08. The molecule has 0 aliphatic carbocycles. The van der Waals surface area contributed by atoms with Crippen LogP contribution >= 0.6 is 0 Å². The number of carbonyl (C=O) groups excluding carboxylic acids is 2. The van der Waals surface area contributed by atoms with Gasteiger partial charge in [-0.3, -0.25) is 0 Å². The first-order chi connectivity index (χ1) is 12.1. The van der Waals surface area contributed by atoms with E-state index in [0.717, 1.165) is 16.7 Å². The van der Waals surface area contributed by atoms with Crippen LogP contribution in [0.15, 0.2) is 60.2 Å². The van der Waals surface area contributed by atoms with Crippen LogP contribution < -0.4 is 10.6 Å². The minimum absolute atomic E-state index is 0.263. The number of ether oxygens (including phenoxy) is 1. The molecule has 2 N–H and O–H groups in total. The molecule has 128 valence electrons. The molecular weight excluding hydrogens is 316 g/mol. The van der Waals surface area contributed by atoms with Crippen LogP contribution in [0.25, 0.3) is 5.70 Å². The van der Waals surface area contributed by atoms with E-state index in [1.165, 1.54) is 0 Å². The topological polar surface area (TPSA) is 67.4 Å². The van der Waals surface area contributed by atoms with Gasteiger partial charge in [0.15, 0.2) is 0 Å². The van der Waals surface area contributed by atoms with Gasteiger partial charge in [-0.15, -0.1) is 0 Å². The van der Waals surface area contributed by atoms with Gasteiger partial charge in [0.05, 0.1) is 23.9 Å². The number of carbonyl (C=O) groups is 2. The van der Waals surface area contributed by atoms with E-state index < -0.39 is 12.0 Å². The maximum absolute atomic E-state index is 12.7. The number of aryl methyl sites for hydroxylation is 1. The molecule has 5 nitrogen and oxygen atoms in total. The van der Waals surface area contributed by atoms with E-state index >= 15 is 0 Å². The summed E-state index contributed by atoms with van der Waals surface area (Å²) in [5.74, 6) is -0.445. The lowest BCUT2D eigenvalue weighted by molar-refractivity contribution is -0.138. The van der Waals surface area contributed by atoms with Gasteiger partial charge < -0.3 is 15.4 Å². The molecule has 2 amide bonds. The van der Waals surface area contributed by atoms with Gasteiger partial charge in [0.1, 0.15) is 0 Å². The van der Waals surface area contributed by atoms with Crippen molar-refractivity contribution in [3.8, 4) is 0 Å². The van der Waals surface area contributed by atoms with Crippen LogP contribution in [0.3, 0.4) is 0 Å². The van der Waals surface area contributed by atoms with Crippen molar-refractivity contribution in [3.05, 3.63) is 76.9 Å². The predicted octanol–water partition coefficient (Wildman–Crippen LogP) is 3.32. The first-order valence-corrected chi connectivity index (χ1v) is 8.21. The Morgan fingerprint density at radius 3 is 2.40 bits per heavy atom. The molecule has 1 aliphatic rings. The van der Waals surface area contributed by atoms with E-state index in [-0.39, 0.29) is 12.6 Å². The Bertz CT molecular complexity index is 811. The summed E-state index contributed by atoms with van der Waals surface area (Å²) in [6, 6.07) is 16.1. The minimum Gasteiger partial charge on any atom is -0.463 e. The second-order valence-corrected chi connectivity index (χ2v) is 5.82. The van der Waals surface area contributed by atoms with Crippen molar-refractivity contribution in [1.29, 1.82) is 0 Å². The average molecular weight is 336 g/mol. The zero-order chi connectivity index (χ0) is 17.8. The van der Waals surface area contributed by atoms with Gasteiger partial charge in [0.2, 0.25) is 0 Å². The molecule has 25 heavy (non-hydrogen) atoms. The molecule has 2 aromatic carbocycles. The molecule has 3 rings (SSSR count). The average Bonchev–Trinajstić information content (AvgIpc) is 2.62. The predicted molar refractivity (Wildman–Crippen MR) is 95.6 cm³/mol. The highest BCUT2D eigenvalue weighted by atomic mass is 16.5. The standard InChI is InChI=1S/C20H20N2O3/c1-3-25-19(23)16-17(14-7-5-4-6-8-14)21-20(24)22-18(16)15-11-9-13(2)10-12-15/h4-12,18H,3H2,1-2H3,(H2,21,22,24)/t18-/m0/s1. The molecule has 0 saturated carbocycles. The Kier molecular flexibility index (Phi) is 4.84. The fourth-order valence-corrected chi connectivity index (χ4v) is 2.83. The fourth-order valence-electron chi connectivity index (χ4n) is 2.83. The number of nitrogens with one attached hydrogen (secondary N) is 2. The first-order valence-electron chi connectivity index (χ1n) is 8.21. The van der Waals surface area contributed by atoms with E-state index in [2.05, 4.69) is 10.6 Å². The van der Waals surface area contributed by atoms with Crippen LogP contribution in [-0.2, 0) is 9.53 Å². The van der Waals surface area contributed by atoms with Crippen LogP contribution in [0.4, 0.5) is 4.79 Å². The third kappa shape index (κ3) is 3.55. The van der Waals surface area contributed by atoms with Crippen LogP contribution in [0.5, 0.6) is 0 Å². The SMILES string of the molecule is CCOC(=O)C1=C(c2ccccc2)NC(=O)N[C@H]1c1ccc(C)cc1. The lowest BCUT2D eigenvalue weighted by atomic mass is 9.92. The molecule has 0 saturated heterocycles. The van der Waals surface area contributed by atoms with Crippen molar-refractivity contribution in [2.75, 3.05) is 6.61 Å². The molecule has 1 heterocycles. The smallest absolute Gasteiger partial charge is 0.338 e. The van der Waals surface area contributed by atoms with Crippen LogP contribution in [0, 0.1) is 6.92 Å². The third-order valence-corrected chi connectivity index (χ3v) is 4.04. The number of amides is 2. The monoisotopic (exact) mass is 336 g/mol. The Labute approximate surface area is 146 Å². The second kappa shape index (κ2) is 7.21. The van der Waals surface area contributed by atoms with Crippen LogP contribution in [-0.4, -0.2) is 18.6 Å². The zero-order valence-corrected chi connectivity index (χ0v) is 14.2. The van der Waals surface area contributed by atoms with E-state index in [9.17, 15) is 9.59 Å². The van der Waals surface area contributed by atoms with Gasteiger partial charge in [-0.25, -0.2) is 9.59 Å². The van der Waals surface area contributed by atoms with Crippen molar-refractivity contribution in [2.24, 2.45) is 0 Å². The lowest BCUT2D eigenvalue weighted by Gasteiger charge is -2.29. The maximum atomic E-state index is 12.7. The quantitative estimate of drug-likeness (QED) is 0.842. The third-order valence-electron chi connectivity index (χ3n) is 4.04. The Morgan fingerprint density at radius 1 is 1.08 bits per heavy atom. The molecule has 2 aromatic rings. The largest absolute Gasteiger partial charge is 0.463 e. The van der Waals surface area contributed by atoms with Gasteiger partial charge in [-0.1, -0.05) is 60.2 Å². The minimum atomic E-state index is -0.566. The summed E-state index contributed by atoms with van der Waals surface area (Å²) in [5, 5.41) is 5.59. The molecule has 0 spiro atoms. The number of urea groups is 1. The Morgan fingerprint density at radius 2 is 1.76 bits per heavy atom. The van der Waals surface area contributed by atoms with Crippen LogP contribution in [0.1, 0.15) is 29.7 Å². The first kappa shape index (κ1) is 16.8. The molecule has 0 aromatic heterocycles. The molecule has 0 radical (unpaired) electrons. The number of benzene rings is 2. The zero-order valence-electron chi connectivity index (χ0n) is 14.2. The molecule has 0 unspecified atom stereocenters. The number of hydrogen-bond acceptors (Lipinski definition) is 3. The van der Waals surface area contributed by atoms with Crippen molar-refractivity contribution < 1.29 is 14.3 Å². The summed E-state index contributed by atoms with van der Waals surface area (Å²) in [7, 11) is 0. The van der Waals surface area contributed by atoms with Crippen LogP contribution in [0.2, 0.25) is 0 Å². The highest BCUT2D eigenvalue weighted by Gasteiger charge is 2.34. The van der Waals surface area contributed by atoms with E-state index in [4.69, 9.17) is 4.74 Å². The summed E-state index contributed by atoms with van der Waals surface area (Å²) < 4.78 is 5.26. The molecule has 5 heteroatoms. The molecule has 1 aliphatic heterocycles. The summed E-state index contributed by atoms with van der Waals surface area (Å²) in [4.78, 5) is 24.9. The maximum Gasteiger partial charge on any atom is 0.338 e. The normalized spacial score (nSPS) is 16.9. The van der Waals surface area contributed by atoms with Gasteiger partial charge in [-0.05, 0) is 25.0 Å². The highest BCUT2D eigenvalue weighted by Crippen LogP contribution is 2.32. The van der Waals surface area contributed by atoms with Gasteiger partial charge >= 0.3 is 12.0 Å². The molecule has 1 atom stereocenters. The van der Waals surface area contributed by atoms with E-state index in [0.29, 0.717) is 11.3 Å². The summed E-state index contributed by atoms with van der Waals surface area (Å²) in [6.45, 7) is 4.01. The van der Waals surface area contributed by atoms with Gasteiger partial charge in [0.25, 0.3) is 0 Å². The molecule has 0 fully saturated rings.